The lowest BCUT2D eigenvalue weighted by atomic mass is 10.1. The Morgan fingerprint density at radius 1 is 0.710 bits per heavy atom. The van der Waals surface area contributed by atoms with Crippen molar-refractivity contribution >= 4 is 33.4 Å². The molecular weight excluding hydrogens is 936 g/mol. The first kappa shape index (κ1) is 60.0. The lowest BCUT2D eigenvalue weighted by Gasteiger charge is -2.21. The number of nitrogens with zero attached hydrogens (tertiary/aromatic N) is 2. The van der Waals surface area contributed by atoms with E-state index in [1.54, 1.807) is 0 Å². The van der Waals surface area contributed by atoms with E-state index >= 15 is 0 Å². The highest BCUT2D eigenvalue weighted by atomic mass is 31.3. The van der Waals surface area contributed by atoms with Crippen molar-refractivity contribution in [2.45, 2.75) is 198 Å². The molecule has 0 amide bonds. The molecule has 0 aliphatic carbocycles. The molecule has 9 atom stereocenters. The maximum atomic E-state index is 12.8. The Bertz CT molecular complexity index is 1910. The van der Waals surface area contributed by atoms with E-state index in [9.17, 15) is 43.5 Å². The quantitative estimate of drug-likeness (QED) is 0.0135. The second kappa shape index (κ2) is 34.1. The average molecular weight is 1020 g/mol. The maximum absolute atomic E-state index is 12.8. The van der Waals surface area contributed by atoms with Gasteiger partial charge in [0.25, 0.3) is 0 Å². The number of allylic oxidation sites excluding steroid dienone is 6. The van der Waals surface area contributed by atoms with E-state index in [1.807, 2.05) is 12.2 Å². The first-order valence-corrected chi connectivity index (χ1v) is 27.8. The van der Waals surface area contributed by atoms with Crippen molar-refractivity contribution in [1.29, 1.82) is 0 Å². The smallest absolute Gasteiger partial charge is 0.462 e. The zero-order valence-corrected chi connectivity index (χ0v) is 42.3. The van der Waals surface area contributed by atoms with Crippen molar-refractivity contribution < 1.29 is 71.0 Å². The van der Waals surface area contributed by atoms with Gasteiger partial charge in [-0.2, -0.15) is 9.29 Å². The Labute approximate surface area is 407 Å². The molecule has 0 radical (unpaired) electrons. The van der Waals surface area contributed by atoms with Crippen LogP contribution in [0.1, 0.15) is 161 Å². The number of nitrogen functional groups attached to an aromatic ring is 1. The molecule has 2 saturated heterocycles. The summed E-state index contributed by atoms with van der Waals surface area (Å²) in [5.74, 6) is -1.38. The van der Waals surface area contributed by atoms with Crippen LogP contribution < -0.4 is 11.4 Å². The van der Waals surface area contributed by atoms with Crippen LogP contribution in [0, 0.1) is 0 Å². The standard InChI is InChI=1S/C48H79N3O16P2/c1-3-5-7-9-11-12-13-14-15-16-19-23-27-31-43(52)61-35-38(64-44(53)32-28-24-20-17-18-22-26-30-40-39(65-40)29-25-21-10-8-6-4-2)36-62-68(57,58)67-69(59,60)63-37-41-45(54)46(55)47(66-41)51-34-33-42(49)50-48(51)56/h12-13,17,20-22,25-26,33-34,38-41,45-47,54-55H,3-11,14-16,18-19,23-24,27-32,35-37H2,1-2H3,(H,57,58)(H,59,60)(H2,49,50,56)/b13-12-,20-17-,25-21-,26-22-/t38-,39?,40?,41-,45-,46-,47-/m1/s1. The highest BCUT2D eigenvalue weighted by molar-refractivity contribution is 7.61. The largest absolute Gasteiger partial charge is 0.481 e. The molecule has 2 aliphatic rings. The Balaban J connectivity index is 1.43. The molecule has 0 spiro atoms. The van der Waals surface area contributed by atoms with Crippen LogP contribution in [-0.4, -0.2) is 97.9 Å². The topological polar surface area (TPSA) is 278 Å². The number of unbranched alkanes of at least 4 members (excludes halogenated alkanes) is 13. The number of phosphoric ester groups is 2. The van der Waals surface area contributed by atoms with Gasteiger partial charge in [-0.15, -0.1) is 0 Å². The first-order chi connectivity index (χ1) is 33.1. The molecule has 2 fully saturated rings. The molecular formula is C48H79N3O16P2. The Morgan fingerprint density at radius 2 is 1.26 bits per heavy atom. The molecule has 1 aromatic heterocycles. The number of phosphoric acid groups is 2. The van der Waals surface area contributed by atoms with E-state index < -0.39 is 83.7 Å². The lowest BCUT2D eigenvalue weighted by Crippen LogP contribution is -2.36. The van der Waals surface area contributed by atoms with E-state index in [4.69, 9.17) is 33.7 Å². The predicted octanol–water partition coefficient (Wildman–Crippen LogP) is 8.76. The zero-order valence-electron chi connectivity index (χ0n) is 40.5. The zero-order chi connectivity index (χ0) is 50.3. The molecule has 69 heavy (non-hydrogen) atoms. The molecule has 3 heterocycles. The number of aliphatic hydroxyl groups excluding tert-OH is 2. The molecule has 19 nitrogen and oxygen atoms in total. The summed E-state index contributed by atoms with van der Waals surface area (Å²) < 4.78 is 62.4. The van der Waals surface area contributed by atoms with Gasteiger partial charge in [0, 0.05) is 19.0 Å². The summed E-state index contributed by atoms with van der Waals surface area (Å²) >= 11 is 0. The average Bonchev–Trinajstić information content (AvgIpc) is 3.99. The van der Waals surface area contributed by atoms with Gasteiger partial charge in [0.1, 0.15) is 30.7 Å². The predicted molar refractivity (Wildman–Crippen MR) is 260 cm³/mol. The molecule has 1 aromatic rings. The van der Waals surface area contributed by atoms with Crippen LogP contribution in [0.15, 0.2) is 65.7 Å². The molecule has 6 N–H and O–H groups in total. The SMILES string of the molecule is CCCCC/C=C\CC1OC1C/C=C\C/C=C\CCCC(=O)O[C@H](COC(=O)CCCCCCC/C=C\CCCCCC)COP(=O)(O)OP(=O)(O)OC[C@H]1O[C@@H](n2ccc(N)nc2=O)[C@H](O)[C@@H]1O. The molecule has 0 saturated carbocycles. The van der Waals surface area contributed by atoms with Gasteiger partial charge in [0.15, 0.2) is 12.3 Å². The van der Waals surface area contributed by atoms with Gasteiger partial charge >= 0.3 is 33.3 Å². The van der Waals surface area contributed by atoms with Crippen molar-refractivity contribution in [3.8, 4) is 0 Å². The van der Waals surface area contributed by atoms with Crippen LogP contribution in [0.2, 0.25) is 0 Å². The third kappa shape index (κ3) is 26.6. The van der Waals surface area contributed by atoms with Crippen LogP contribution in [-0.2, 0) is 51.0 Å². The third-order valence-corrected chi connectivity index (χ3v) is 13.9. The molecule has 21 heteroatoms. The molecule has 0 bridgehead atoms. The highest BCUT2D eigenvalue weighted by Gasteiger charge is 2.46. The van der Waals surface area contributed by atoms with Gasteiger partial charge in [0.05, 0.1) is 25.4 Å². The van der Waals surface area contributed by atoms with Gasteiger partial charge in [-0.3, -0.25) is 23.2 Å². The summed E-state index contributed by atoms with van der Waals surface area (Å²) in [6, 6.07) is 1.24. The summed E-state index contributed by atoms with van der Waals surface area (Å²) in [7, 11) is -10.9. The number of rotatable bonds is 39. The van der Waals surface area contributed by atoms with Crippen molar-refractivity contribution in [2.75, 3.05) is 25.6 Å². The fraction of sp³-hybridized carbons (Fsp3) is 0.708. The van der Waals surface area contributed by atoms with Crippen molar-refractivity contribution in [3.05, 3.63) is 71.4 Å². The van der Waals surface area contributed by atoms with Gasteiger partial charge in [0.2, 0.25) is 0 Å². The van der Waals surface area contributed by atoms with Crippen LogP contribution in [0.25, 0.3) is 0 Å². The summed E-state index contributed by atoms with van der Waals surface area (Å²) in [6.45, 7) is 2.03. The van der Waals surface area contributed by atoms with E-state index in [1.165, 1.54) is 51.0 Å². The normalized spacial score (nSPS) is 22.7. The Hall–Kier alpha value is -3.32. The summed E-state index contributed by atoms with van der Waals surface area (Å²) in [5, 5.41) is 20.9. The summed E-state index contributed by atoms with van der Waals surface area (Å²) in [6.07, 6.45) is 30.9. The van der Waals surface area contributed by atoms with Crippen molar-refractivity contribution in [3.63, 3.8) is 0 Å². The minimum Gasteiger partial charge on any atom is -0.462 e. The number of ether oxygens (including phenoxy) is 4. The van der Waals surface area contributed by atoms with Crippen LogP contribution in [0.5, 0.6) is 0 Å². The van der Waals surface area contributed by atoms with Crippen LogP contribution in [0.3, 0.4) is 0 Å². The molecule has 4 unspecified atom stereocenters. The van der Waals surface area contributed by atoms with Crippen LogP contribution >= 0.6 is 15.6 Å². The fourth-order valence-electron chi connectivity index (χ4n) is 7.28. The number of hydrogen-bond donors (Lipinski definition) is 5. The van der Waals surface area contributed by atoms with Gasteiger partial charge < -0.3 is 44.7 Å². The number of aromatic nitrogens is 2. The first-order valence-electron chi connectivity index (χ1n) is 24.8. The van der Waals surface area contributed by atoms with E-state index in [-0.39, 0.29) is 24.8 Å². The van der Waals surface area contributed by atoms with Crippen LogP contribution in [0.4, 0.5) is 5.82 Å². The number of carbonyl (C=O) groups is 2. The second-order valence-electron chi connectivity index (χ2n) is 17.3. The van der Waals surface area contributed by atoms with Gasteiger partial charge in [-0.1, -0.05) is 114 Å². The molecule has 3 rings (SSSR count). The number of carbonyl (C=O) groups excluding carboxylic acids is 2. The number of aliphatic hydroxyl groups is 2. The highest BCUT2D eigenvalue weighted by Crippen LogP contribution is 2.60. The number of esters is 2. The maximum Gasteiger partial charge on any atom is 0.481 e. The van der Waals surface area contributed by atoms with E-state index in [0.717, 1.165) is 75.0 Å². The molecule has 0 aromatic carbocycles. The summed E-state index contributed by atoms with van der Waals surface area (Å²) in [4.78, 5) is 61.8. The number of nitrogens with two attached hydrogens (primary N) is 1. The third-order valence-electron chi connectivity index (χ3n) is 11.3. The molecule has 392 valence electrons. The lowest BCUT2D eigenvalue weighted by molar-refractivity contribution is -0.161. The monoisotopic (exact) mass is 1020 g/mol. The van der Waals surface area contributed by atoms with Crippen molar-refractivity contribution in [1.82, 2.24) is 9.55 Å². The van der Waals surface area contributed by atoms with E-state index in [0.29, 0.717) is 25.4 Å². The van der Waals surface area contributed by atoms with E-state index in [2.05, 4.69) is 59.6 Å². The summed E-state index contributed by atoms with van der Waals surface area (Å²) in [5.41, 5.74) is 4.58. The molecule has 2 aliphatic heterocycles. The minimum absolute atomic E-state index is 0.0338. The minimum atomic E-state index is -5.44. The van der Waals surface area contributed by atoms with Crippen molar-refractivity contribution in [2.24, 2.45) is 0 Å². The second-order valence-corrected chi connectivity index (χ2v) is 20.4. The Kier molecular flexibility index (Phi) is 29.7. The Morgan fingerprint density at radius 3 is 1.96 bits per heavy atom. The number of epoxide rings is 1. The van der Waals surface area contributed by atoms with Gasteiger partial charge in [-0.25, -0.2) is 13.9 Å². The fourth-order valence-corrected chi connectivity index (χ4v) is 9.39. The number of anilines is 1. The van der Waals surface area contributed by atoms with Gasteiger partial charge in [-0.05, 0) is 83.1 Å². The number of hydrogen-bond acceptors (Lipinski definition) is 16.